The molecule has 98 valence electrons. The van der Waals surface area contributed by atoms with E-state index in [0.29, 0.717) is 17.8 Å². The fraction of sp³-hybridized carbons (Fsp3) is 0.600. The van der Waals surface area contributed by atoms with Crippen molar-refractivity contribution < 1.29 is 5.11 Å². The Bertz CT molecular complexity index is 435. The van der Waals surface area contributed by atoms with Gasteiger partial charge in [-0.25, -0.2) is 0 Å². The molecule has 3 atom stereocenters. The maximum Gasteiger partial charge on any atom is 0.115 e. The number of phenolic OH excluding ortho intramolecular Hbond substituents is 1. The molecule has 3 heteroatoms. The summed E-state index contributed by atoms with van der Waals surface area (Å²) in [5.41, 5.74) is 2.73. The van der Waals surface area contributed by atoms with Crippen LogP contribution in [0.3, 0.4) is 0 Å². The normalized spacial score (nSPS) is 30.6. The number of aromatic hydroxyl groups is 1. The predicted octanol–water partition coefficient (Wildman–Crippen LogP) is 3.25. The van der Waals surface area contributed by atoms with Crippen LogP contribution in [0.4, 0.5) is 0 Å². The predicted molar refractivity (Wildman–Crippen MR) is 77.2 cm³/mol. The van der Waals surface area contributed by atoms with E-state index in [9.17, 15) is 5.11 Å². The molecular formula is C15H21NOS. The molecule has 2 aliphatic rings. The van der Waals surface area contributed by atoms with Gasteiger partial charge in [0.25, 0.3) is 0 Å². The highest BCUT2D eigenvalue weighted by molar-refractivity contribution is 7.99. The van der Waals surface area contributed by atoms with Gasteiger partial charge >= 0.3 is 0 Å². The molecule has 2 N–H and O–H groups in total. The molecule has 2 aliphatic carbocycles. The van der Waals surface area contributed by atoms with E-state index in [1.807, 2.05) is 23.9 Å². The van der Waals surface area contributed by atoms with Gasteiger partial charge in [0.15, 0.2) is 0 Å². The summed E-state index contributed by atoms with van der Waals surface area (Å²) >= 11 is 2.01. The van der Waals surface area contributed by atoms with E-state index in [1.54, 1.807) is 0 Å². The van der Waals surface area contributed by atoms with Crippen molar-refractivity contribution >= 4 is 11.8 Å². The van der Waals surface area contributed by atoms with Crippen molar-refractivity contribution in [2.45, 2.75) is 49.4 Å². The molecule has 3 rings (SSSR count). The monoisotopic (exact) mass is 263 g/mol. The molecule has 1 aromatic carbocycles. The highest BCUT2D eigenvalue weighted by atomic mass is 32.2. The first kappa shape index (κ1) is 12.4. The van der Waals surface area contributed by atoms with Gasteiger partial charge < -0.3 is 10.4 Å². The van der Waals surface area contributed by atoms with Crippen molar-refractivity contribution in [1.82, 2.24) is 5.32 Å². The van der Waals surface area contributed by atoms with Crippen molar-refractivity contribution in [1.29, 1.82) is 0 Å². The Morgan fingerprint density at radius 2 is 2.17 bits per heavy atom. The number of nitrogens with one attached hydrogen (secondary N) is 1. The lowest BCUT2D eigenvalue weighted by molar-refractivity contribution is 0.443. The van der Waals surface area contributed by atoms with Gasteiger partial charge in [0, 0.05) is 17.3 Å². The molecule has 0 saturated heterocycles. The molecule has 0 aromatic heterocycles. The minimum atomic E-state index is 0.400. The summed E-state index contributed by atoms with van der Waals surface area (Å²) in [7, 11) is 0. The van der Waals surface area contributed by atoms with E-state index in [4.69, 9.17) is 0 Å². The minimum Gasteiger partial charge on any atom is -0.508 e. The molecule has 0 heterocycles. The van der Waals surface area contributed by atoms with Crippen LogP contribution in [0.15, 0.2) is 18.2 Å². The number of rotatable bonds is 3. The SMILES string of the molecule is CSC1CCCC1NC1CCc2cc(O)ccc21. The standard InChI is InChI=1S/C15H21NOS/c1-18-15-4-2-3-14(15)16-13-8-5-10-9-11(17)6-7-12(10)13/h6-7,9,13-17H,2-5,8H2,1H3. The maximum absolute atomic E-state index is 9.52. The Hall–Kier alpha value is -0.670. The molecule has 3 unspecified atom stereocenters. The van der Waals surface area contributed by atoms with Gasteiger partial charge in [0.05, 0.1) is 0 Å². The second-order valence-electron chi connectivity index (χ2n) is 5.45. The number of thioether (sulfide) groups is 1. The largest absolute Gasteiger partial charge is 0.508 e. The van der Waals surface area contributed by atoms with E-state index in [-0.39, 0.29) is 0 Å². The Kier molecular flexibility index (Phi) is 3.53. The molecule has 0 radical (unpaired) electrons. The Labute approximate surface area is 113 Å². The molecule has 18 heavy (non-hydrogen) atoms. The van der Waals surface area contributed by atoms with Crippen LogP contribution in [0.2, 0.25) is 0 Å². The molecule has 0 spiro atoms. The first-order valence-electron chi connectivity index (χ1n) is 6.88. The summed E-state index contributed by atoms with van der Waals surface area (Å²) in [5.74, 6) is 0.400. The zero-order chi connectivity index (χ0) is 12.5. The van der Waals surface area contributed by atoms with Crippen LogP contribution in [-0.2, 0) is 6.42 Å². The highest BCUT2D eigenvalue weighted by Crippen LogP contribution is 2.36. The van der Waals surface area contributed by atoms with Crippen LogP contribution in [0.25, 0.3) is 0 Å². The van der Waals surface area contributed by atoms with Gasteiger partial charge in [0.2, 0.25) is 0 Å². The number of fused-ring (bicyclic) bond motifs is 1. The summed E-state index contributed by atoms with van der Waals surface area (Å²) in [5, 5.41) is 14.2. The van der Waals surface area contributed by atoms with Gasteiger partial charge in [-0.1, -0.05) is 12.5 Å². The quantitative estimate of drug-likeness (QED) is 0.878. The molecular weight excluding hydrogens is 242 g/mol. The summed E-state index contributed by atoms with van der Waals surface area (Å²) < 4.78 is 0. The van der Waals surface area contributed by atoms with Crippen LogP contribution in [-0.4, -0.2) is 22.7 Å². The lowest BCUT2D eigenvalue weighted by Crippen LogP contribution is -2.36. The fourth-order valence-electron chi connectivity index (χ4n) is 3.43. The van der Waals surface area contributed by atoms with Crippen LogP contribution >= 0.6 is 11.8 Å². The van der Waals surface area contributed by atoms with Crippen LogP contribution < -0.4 is 5.32 Å². The first-order valence-corrected chi connectivity index (χ1v) is 8.17. The molecule has 0 bridgehead atoms. The summed E-state index contributed by atoms with van der Waals surface area (Å²) in [6.45, 7) is 0. The van der Waals surface area contributed by atoms with Crippen molar-refractivity contribution in [2.75, 3.05) is 6.26 Å². The number of hydrogen-bond acceptors (Lipinski definition) is 3. The Balaban J connectivity index is 1.73. The van der Waals surface area contributed by atoms with Crippen LogP contribution in [0.1, 0.15) is 42.9 Å². The highest BCUT2D eigenvalue weighted by Gasteiger charge is 2.31. The van der Waals surface area contributed by atoms with Gasteiger partial charge in [-0.2, -0.15) is 11.8 Å². The smallest absolute Gasteiger partial charge is 0.115 e. The van der Waals surface area contributed by atoms with Crippen LogP contribution in [0, 0.1) is 0 Å². The second-order valence-corrected chi connectivity index (χ2v) is 6.53. The van der Waals surface area contributed by atoms with Gasteiger partial charge in [0.1, 0.15) is 5.75 Å². The topological polar surface area (TPSA) is 32.3 Å². The molecule has 2 nitrogen and oxygen atoms in total. The fourth-order valence-corrected chi connectivity index (χ4v) is 4.38. The van der Waals surface area contributed by atoms with E-state index >= 15 is 0 Å². The first-order chi connectivity index (χ1) is 8.78. The van der Waals surface area contributed by atoms with E-state index in [1.165, 1.54) is 36.8 Å². The zero-order valence-corrected chi connectivity index (χ0v) is 11.7. The molecule has 1 aromatic rings. The van der Waals surface area contributed by atoms with Crippen molar-refractivity contribution in [3.05, 3.63) is 29.3 Å². The maximum atomic E-state index is 9.52. The van der Waals surface area contributed by atoms with Crippen molar-refractivity contribution in [3.63, 3.8) is 0 Å². The Morgan fingerprint density at radius 3 is 3.00 bits per heavy atom. The summed E-state index contributed by atoms with van der Waals surface area (Å²) in [4.78, 5) is 0. The minimum absolute atomic E-state index is 0.400. The zero-order valence-electron chi connectivity index (χ0n) is 10.9. The Morgan fingerprint density at radius 1 is 1.28 bits per heavy atom. The van der Waals surface area contributed by atoms with Gasteiger partial charge in [-0.05, 0) is 55.2 Å². The number of benzene rings is 1. The van der Waals surface area contributed by atoms with Gasteiger partial charge in [-0.15, -0.1) is 0 Å². The van der Waals surface area contributed by atoms with Gasteiger partial charge in [-0.3, -0.25) is 0 Å². The number of aryl methyl sites for hydroxylation is 1. The lowest BCUT2D eigenvalue weighted by atomic mass is 10.1. The average molecular weight is 263 g/mol. The lowest BCUT2D eigenvalue weighted by Gasteiger charge is -2.24. The number of phenols is 1. The average Bonchev–Trinajstić information content (AvgIpc) is 2.96. The molecule has 0 amide bonds. The molecule has 1 saturated carbocycles. The third-order valence-electron chi connectivity index (χ3n) is 4.37. The molecule has 0 aliphatic heterocycles. The van der Waals surface area contributed by atoms with Crippen molar-refractivity contribution in [2.24, 2.45) is 0 Å². The third kappa shape index (κ3) is 2.26. The second kappa shape index (κ2) is 5.14. The van der Waals surface area contributed by atoms with E-state index in [0.717, 1.165) is 11.7 Å². The van der Waals surface area contributed by atoms with E-state index in [2.05, 4.69) is 17.6 Å². The summed E-state index contributed by atoms with van der Waals surface area (Å²) in [6.07, 6.45) is 8.53. The molecule has 1 fully saturated rings. The summed E-state index contributed by atoms with van der Waals surface area (Å²) in [6, 6.07) is 7.01. The number of hydrogen-bond donors (Lipinski definition) is 2. The van der Waals surface area contributed by atoms with Crippen LogP contribution in [0.5, 0.6) is 5.75 Å². The van der Waals surface area contributed by atoms with Crippen molar-refractivity contribution in [3.8, 4) is 5.75 Å². The third-order valence-corrected chi connectivity index (χ3v) is 5.54. The van der Waals surface area contributed by atoms with E-state index < -0.39 is 0 Å².